The number of nitrogens with zero attached hydrogens (tertiary/aromatic N) is 5. The highest BCUT2D eigenvalue weighted by atomic mass is 32.2. The number of aromatic nitrogens is 2. The third-order valence-corrected chi connectivity index (χ3v) is 8.14. The van der Waals surface area contributed by atoms with Crippen molar-refractivity contribution in [2.45, 2.75) is 63.0 Å². The van der Waals surface area contributed by atoms with Gasteiger partial charge in [-0.25, -0.2) is 14.4 Å². The molecule has 0 bridgehead atoms. The van der Waals surface area contributed by atoms with Gasteiger partial charge in [0.15, 0.2) is 0 Å². The molecule has 3 N–H and O–H groups in total. The molecule has 0 spiro atoms. The summed E-state index contributed by atoms with van der Waals surface area (Å²) in [5.41, 5.74) is 4.96. The van der Waals surface area contributed by atoms with Crippen molar-refractivity contribution in [3.63, 3.8) is 0 Å². The SMILES string of the molecule is COc1cnc(C(=O)NC2=NC(C(C)(N=C(N)C(C)C)C3(C)CCCN=[S-]3=O)C(F)C=C2)cn1. The van der Waals surface area contributed by atoms with E-state index in [0.29, 0.717) is 25.2 Å². The van der Waals surface area contributed by atoms with Crippen LogP contribution in [0.25, 0.3) is 0 Å². The normalized spacial score (nSPS) is 27.5. The zero-order chi connectivity index (χ0) is 25.1. The van der Waals surface area contributed by atoms with Gasteiger partial charge in [0.2, 0.25) is 5.88 Å². The van der Waals surface area contributed by atoms with Crippen molar-refractivity contribution in [3.05, 3.63) is 30.2 Å². The molecule has 1 aromatic rings. The van der Waals surface area contributed by atoms with Crippen LogP contribution in [0, 0.1) is 5.92 Å². The van der Waals surface area contributed by atoms with Crippen LogP contribution in [0.5, 0.6) is 5.88 Å². The molecular weight excluding hydrogens is 461 g/mol. The molecule has 3 heterocycles. The van der Waals surface area contributed by atoms with Crippen LogP contribution in [0.1, 0.15) is 51.0 Å². The molecule has 1 aromatic heterocycles. The number of amides is 1. The highest BCUT2D eigenvalue weighted by molar-refractivity contribution is 7.76. The minimum Gasteiger partial charge on any atom is -0.480 e. The summed E-state index contributed by atoms with van der Waals surface area (Å²) in [5.74, 6) is 0.0349. The number of hydrogen-bond donors (Lipinski definition) is 2. The Morgan fingerprint density at radius 3 is 2.74 bits per heavy atom. The fourth-order valence-corrected chi connectivity index (χ4v) is 5.32. The number of aliphatic imine (C=N–C) groups is 2. The maximum atomic E-state index is 15.4. The quantitative estimate of drug-likeness (QED) is 0.354. The van der Waals surface area contributed by atoms with Crippen molar-refractivity contribution in [2.24, 2.45) is 26.0 Å². The summed E-state index contributed by atoms with van der Waals surface area (Å²) >= 11 is 0. The van der Waals surface area contributed by atoms with Gasteiger partial charge in [0.1, 0.15) is 23.7 Å². The fourth-order valence-electron chi connectivity index (χ4n) is 3.90. The number of dihydropyridines is 1. The lowest BCUT2D eigenvalue weighted by Gasteiger charge is -2.52. The predicted octanol–water partition coefficient (Wildman–Crippen LogP) is 2.36. The van der Waals surface area contributed by atoms with Crippen molar-refractivity contribution in [2.75, 3.05) is 13.7 Å². The standard InChI is InChI=1S/C22H31FN7O3S/c1-13(2)19(24)30-22(4,21(3)9-6-10-27-34(21)32)18-14(23)7-8-16(28-18)29-20(31)15-11-26-17(33-5)12-25-15/h7-8,11-14,18H,6,9-10H2,1-5H3,(H2,24,30)(H,28,29,31)/q-1. The number of nitrogens with two attached hydrogens (primary N) is 1. The van der Waals surface area contributed by atoms with Crippen molar-refractivity contribution in [1.29, 1.82) is 0 Å². The van der Waals surface area contributed by atoms with E-state index in [9.17, 15) is 9.00 Å². The third kappa shape index (κ3) is 4.96. The molecule has 1 amide bonds. The second kappa shape index (κ2) is 10.2. The molecule has 0 aromatic carbocycles. The third-order valence-electron chi connectivity index (χ3n) is 6.33. The van der Waals surface area contributed by atoms with Crippen LogP contribution >= 0.6 is 0 Å². The van der Waals surface area contributed by atoms with E-state index in [1.807, 2.05) is 13.8 Å². The number of nitrogens with one attached hydrogen (secondary N) is 1. The van der Waals surface area contributed by atoms with Crippen LogP contribution < -0.4 is 15.8 Å². The largest absolute Gasteiger partial charge is 0.480 e. The number of amidine groups is 2. The second-order valence-electron chi connectivity index (χ2n) is 8.94. The van der Waals surface area contributed by atoms with Gasteiger partial charge in [0.05, 0.1) is 30.9 Å². The summed E-state index contributed by atoms with van der Waals surface area (Å²) in [4.78, 5) is 29.9. The van der Waals surface area contributed by atoms with Crippen LogP contribution in [0.2, 0.25) is 0 Å². The van der Waals surface area contributed by atoms with Gasteiger partial charge in [0.25, 0.3) is 5.91 Å². The number of carbonyl (C=O) groups excluding carboxylic acids is 1. The molecule has 2 aliphatic rings. The number of rotatable bonds is 6. The summed E-state index contributed by atoms with van der Waals surface area (Å²) in [6, 6.07) is -1.09. The van der Waals surface area contributed by atoms with E-state index in [0.717, 1.165) is 0 Å². The minimum absolute atomic E-state index is 0.0415. The van der Waals surface area contributed by atoms with Crippen LogP contribution in [0.3, 0.4) is 0 Å². The lowest BCUT2D eigenvalue weighted by molar-refractivity contribution is 0.0971. The van der Waals surface area contributed by atoms with E-state index in [2.05, 4.69) is 24.6 Å². The zero-order valence-corrected chi connectivity index (χ0v) is 20.8. The Bertz CT molecular complexity index is 1100. The summed E-state index contributed by atoms with van der Waals surface area (Å²) in [5, 5.41) is 2.63. The molecule has 0 aliphatic carbocycles. The first-order chi connectivity index (χ1) is 16.0. The van der Waals surface area contributed by atoms with Gasteiger partial charge >= 0.3 is 0 Å². The average Bonchev–Trinajstić information content (AvgIpc) is 2.81. The Hall–Kier alpha value is -2.89. The number of halogens is 1. The summed E-state index contributed by atoms with van der Waals surface area (Å²) in [7, 11) is -0.187. The number of carbonyl (C=O) groups is 1. The monoisotopic (exact) mass is 492 g/mol. The fraction of sp³-hybridized carbons (Fsp3) is 0.591. The van der Waals surface area contributed by atoms with Crippen molar-refractivity contribution in [1.82, 2.24) is 15.3 Å². The van der Waals surface area contributed by atoms with E-state index in [1.54, 1.807) is 13.8 Å². The highest BCUT2D eigenvalue weighted by Gasteiger charge is 2.51. The van der Waals surface area contributed by atoms with E-state index in [1.165, 1.54) is 31.7 Å². The van der Waals surface area contributed by atoms with Gasteiger partial charge in [-0.3, -0.25) is 14.8 Å². The average molecular weight is 493 g/mol. The first kappa shape index (κ1) is 25.7. The number of methoxy groups -OCH3 is 1. The van der Waals surface area contributed by atoms with E-state index in [4.69, 9.17) is 15.5 Å². The first-order valence-corrected chi connectivity index (χ1v) is 12.1. The van der Waals surface area contributed by atoms with Crippen LogP contribution in [0.4, 0.5) is 4.39 Å². The molecule has 34 heavy (non-hydrogen) atoms. The molecular formula is C22H31FN7O3S-. The molecule has 0 fully saturated rings. The Morgan fingerprint density at radius 1 is 1.41 bits per heavy atom. The van der Waals surface area contributed by atoms with E-state index < -0.39 is 39.0 Å². The van der Waals surface area contributed by atoms with Crippen molar-refractivity contribution < 1.29 is 18.1 Å². The van der Waals surface area contributed by atoms with Gasteiger partial charge in [-0.2, -0.15) is 10.6 Å². The smallest absolute Gasteiger partial charge is 0.277 e. The number of alkyl halides is 1. The first-order valence-electron chi connectivity index (χ1n) is 11.0. The molecule has 4 atom stereocenters. The lowest BCUT2D eigenvalue weighted by atomic mass is 9.75. The molecule has 10 nitrogen and oxygen atoms in total. The molecule has 4 unspecified atom stereocenters. The highest BCUT2D eigenvalue weighted by Crippen LogP contribution is 2.43. The molecule has 0 saturated carbocycles. The van der Waals surface area contributed by atoms with E-state index in [-0.39, 0.29) is 23.3 Å². The Morgan fingerprint density at radius 2 is 2.15 bits per heavy atom. The minimum atomic E-state index is -1.63. The number of hydrogen-bond acceptors (Lipinski definition) is 9. The summed E-state index contributed by atoms with van der Waals surface area (Å²) < 4.78 is 36.7. The van der Waals surface area contributed by atoms with Crippen molar-refractivity contribution >= 4 is 28.2 Å². The van der Waals surface area contributed by atoms with Gasteiger partial charge in [-0.1, -0.05) is 27.2 Å². The lowest BCUT2D eigenvalue weighted by Crippen LogP contribution is -2.61. The molecule has 0 saturated heterocycles. The zero-order valence-electron chi connectivity index (χ0n) is 20.0. The van der Waals surface area contributed by atoms with Gasteiger partial charge in [0, 0.05) is 12.5 Å². The predicted molar refractivity (Wildman–Crippen MR) is 129 cm³/mol. The second-order valence-corrected chi connectivity index (χ2v) is 10.6. The Labute approximate surface area is 200 Å². The molecule has 186 valence electrons. The molecule has 3 rings (SSSR count). The Balaban J connectivity index is 2.01. The van der Waals surface area contributed by atoms with Crippen LogP contribution in [-0.4, -0.2) is 63.7 Å². The van der Waals surface area contributed by atoms with Crippen molar-refractivity contribution in [3.8, 4) is 5.88 Å². The maximum absolute atomic E-state index is 15.4. The van der Waals surface area contributed by atoms with Gasteiger partial charge in [-0.15, -0.1) is 0 Å². The van der Waals surface area contributed by atoms with Gasteiger partial charge < -0.3 is 24.4 Å². The van der Waals surface area contributed by atoms with E-state index >= 15 is 4.39 Å². The molecule has 2 aliphatic heterocycles. The maximum Gasteiger partial charge on any atom is 0.277 e. The van der Waals surface area contributed by atoms with Crippen LogP contribution in [-0.2, 0) is 14.8 Å². The van der Waals surface area contributed by atoms with Crippen LogP contribution in [0.15, 0.2) is 38.9 Å². The number of ether oxygens (including phenoxy) is 1. The summed E-state index contributed by atoms with van der Waals surface area (Å²) in [6.07, 6.45) is 4.94. The Kier molecular flexibility index (Phi) is 7.69. The molecule has 12 heteroatoms. The summed E-state index contributed by atoms with van der Waals surface area (Å²) in [6.45, 7) is 7.73. The van der Waals surface area contributed by atoms with Gasteiger partial charge in [-0.05, 0) is 30.2 Å². The topological polar surface area (TPSA) is 144 Å². The molecule has 0 radical (unpaired) electrons.